The van der Waals surface area contributed by atoms with Gasteiger partial charge in [-0.15, -0.1) is 0 Å². The Kier molecular flexibility index (Phi) is 3.98. The Balaban J connectivity index is 2.11. The highest BCUT2D eigenvalue weighted by Gasteiger charge is 2.12. The van der Waals surface area contributed by atoms with Crippen LogP contribution in [0.1, 0.15) is 16.7 Å². The Morgan fingerprint density at radius 1 is 0.842 bits per heavy atom. The van der Waals surface area contributed by atoms with E-state index in [1.807, 2.05) is 24.3 Å². The van der Waals surface area contributed by atoms with Gasteiger partial charge >= 0.3 is 0 Å². The molecule has 0 radical (unpaired) electrons. The van der Waals surface area contributed by atoms with Crippen molar-refractivity contribution in [1.82, 2.24) is 0 Å². The fourth-order valence-electron chi connectivity index (χ4n) is 1.81. The maximum atomic E-state index is 12.1. The van der Waals surface area contributed by atoms with E-state index in [2.05, 4.69) is 0 Å². The third kappa shape index (κ3) is 3.94. The molecule has 0 aromatic heterocycles. The molecule has 96 valence electrons. The number of sulfone groups is 1. The van der Waals surface area contributed by atoms with E-state index in [-0.39, 0.29) is 11.5 Å². The Hall–Kier alpha value is -2.12. The van der Waals surface area contributed by atoms with Crippen molar-refractivity contribution in [1.29, 1.82) is 5.26 Å². The van der Waals surface area contributed by atoms with Crippen molar-refractivity contribution in [2.75, 3.05) is 0 Å². The highest BCUT2D eigenvalue weighted by molar-refractivity contribution is 7.89. The van der Waals surface area contributed by atoms with E-state index in [0.717, 1.165) is 5.56 Å². The Bertz CT molecular complexity index is 683. The first-order valence-electron chi connectivity index (χ1n) is 5.82. The smallest absolute Gasteiger partial charge is 0.158 e. The molecule has 0 aliphatic rings. The van der Waals surface area contributed by atoms with Crippen LogP contribution in [0, 0.1) is 11.3 Å². The predicted octanol–water partition coefficient (Wildman–Crippen LogP) is 2.67. The summed E-state index contributed by atoms with van der Waals surface area (Å²) in [5, 5.41) is 8.69. The lowest BCUT2D eigenvalue weighted by Crippen LogP contribution is -2.07. The lowest BCUT2D eigenvalue weighted by molar-refractivity contribution is 0.594. The monoisotopic (exact) mass is 271 g/mol. The van der Waals surface area contributed by atoms with Gasteiger partial charge in [-0.1, -0.05) is 42.5 Å². The fourth-order valence-corrected chi connectivity index (χ4v) is 3.31. The molecule has 0 N–H and O–H groups in total. The van der Waals surface area contributed by atoms with Gasteiger partial charge in [-0.25, -0.2) is 8.42 Å². The van der Waals surface area contributed by atoms with Crippen molar-refractivity contribution in [3.63, 3.8) is 0 Å². The molecule has 0 saturated carbocycles. The lowest BCUT2D eigenvalue weighted by Gasteiger charge is -2.05. The predicted molar refractivity (Wildman–Crippen MR) is 73.9 cm³/mol. The van der Waals surface area contributed by atoms with Crippen LogP contribution in [0.3, 0.4) is 0 Å². The number of hydrogen-bond acceptors (Lipinski definition) is 3. The van der Waals surface area contributed by atoms with Crippen LogP contribution >= 0.6 is 0 Å². The summed E-state index contributed by atoms with van der Waals surface area (Å²) >= 11 is 0. The summed E-state index contributed by atoms with van der Waals surface area (Å²) < 4.78 is 24.1. The highest BCUT2D eigenvalue weighted by Crippen LogP contribution is 2.13. The van der Waals surface area contributed by atoms with Gasteiger partial charge in [0.15, 0.2) is 9.84 Å². The molecule has 2 rings (SSSR count). The van der Waals surface area contributed by atoms with Crippen LogP contribution in [0.5, 0.6) is 0 Å². The minimum Gasteiger partial charge on any atom is -0.228 e. The summed E-state index contributed by atoms with van der Waals surface area (Å²) in [5.74, 6) is 0.0292. The number of rotatable bonds is 4. The Morgan fingerprint density at radius 3 is 1.89 bits per heavy atom. The van der Waals surface area contributed by atoms with Crippen molar-refractivity contribution in [2.24, 2.45) is 0 Å². The van der Waals surface area contributed by atoms with Gasteiger partial charge in [0, 0.05) is 0 Å². The maximum Gasteiger partial charge on any atom is 0.158 e. The first-order chi connectivity index (χ1) is 9.09. The summed E-state index contributed by atoms with van der Waals surface area (Å²) in [6, 6.07) is 17.7. The number of nitriles is 1. The summed E-state index contributed by atoms with van der Waals surface area (Å²) in [7, 11) is -3.19. The van der Waals surface area contributed by atoms with Crippen LogP contribution in [0.4, 0.5) is 0 Å². The minimum absolute atomic E-state index is 0.00635. The van der Waals surface area contributed by atoms with Gasteiger partial charge in [0.25, 0.3) is 0 Å². The van der Waals surface area contributed by atoms with E-state index in [1.165, 1.54) is 0 Å². The van der Waals surface area contributed by atoms with Gasteiger partial charge in [-0.05, 0) is 23.3 Å². The largest absolute Gasteiger partial charge is 0.228 e. The molecule has 2 aromatic carbocycles. The molecular formula is C15H13NO2S. The summed E-state index contributed by atoms with van der Waals surface area (Å²) in [5.41, 5.74) is 2.02. The van der Waals surface area contributed by atoms with Crippen LogP contribution in [0.25, 0.3) is 0 Å². The van der Waals surface area contributed by atoms with E-state index in [1.54, 1.807) is 36.4 Å². The molecule has 0 aliphatic heterocycles. The average molecular weight is 271 g/mol. The van der Waals surface area contributed by atoms with Crippen LogP contribution in [0.15, 0.2) is 54.6 Å². The molecule has 3 nitrogen and oxygen atoms in total. The average Bonchev–Trinajstić information content (AvgIpc) is 2.39. The minimum atomic E-state index is -3.19. The molecule has 0 amide bonds. The van der Waals surface area contributed by atoms with Crippen LogP contribution in [0.2, 0.25) is 0 Å². The second-order valence-electron chi connectivity index (χ2n) is 4.33. The van der Waals surface area contributed by atoms with Crippen molar-refractivity contribution >= 4 is 9.84 Å². The summed E-state index contributed by atoms with van der Waals surface area (Å²) in [6.07, 6.45) is 0. The molecular weight excluding hydrogens is 258 g/mol. The third-order valence-corrected chi connectivity index (χ3v) is 4.25. The number of nitrogens with zero attached hydrogens (tertiary/aromatic N) is 1. The van der Waals surface area contributed by atoms with Crippen LogP contribution < -0.4 is 0 Å². The third-order valence-electron chi connectivity index (χ3n) is 2.70. The molecule has 19 heavy (non-hydrogen) atoms. The molecule has 4 heteroatoms. The zero-order valence-electron chi connectivity index (χ0n) is 10.3. The lowest BCUT2D eigenvalue weighted by atomic mass is 10.2. The standard InChI is InChI=1S/C15H13NO2S/c16-10-13-6-8-15(9-7-13)12-19(17,18)11-14-4-2-1-3-5-14/h1-9H,11-12H2. The second kappa shape index (κ2) is 5.68. The topological polar surface area (TPSA) is 57.9 Å². The zero-order chi connectivity index (χ0) is 13.7. The van der Waals surface area contributed by atoms with E-state index >= 15 is 0 Å². The molecule has 0 aliphatic carbocycles. The maximum absolute atomic E-state index is 12.1. The molecule has 0 atom stereocenters. The summed E-state index contributed by atoms with van der Waals surface area (Å²) in [4.78, 5) is 0. The molecule has 0 unspecified atom stereocenters. The van der Waals surface area contributed by atoms with E-state index < -0.39 is 9.84 Å². The Morgan fingerprint density at radius 2 is 1.37 bits per heavy atom. The molecule has 0 saturated heterocycles. The molecule has 0 fully saturated rings. The zero-order valence-corrected chi connectivity index (χ0v) is 11.1. The summed E-state index contributed by atoms with van der Waals surface area (Å²) in [6.45, 7) is 0. The van der Waals surface area contributed by atoms with Gasteiger partial charge in [0.1, 0.15) is 0 Å². The molecule has 0 spiro atoms. The first-order valence-corrected chi connectivity index (χ1v) is 7.64. The molecule has 0 bridgehead atoms. The van der Waals surface area contributed by atoms with Gasteiger partial charge in [-0.3, -0.25) is 0 Å². The first kappa shape index (κ1) is 13.3. The molecule has 2 aromatic rings. The van der Waals surface area contributed by atoms with E-state index in [9.17, 15) is 8.42 Å². The van der Waals surface area contributed by atoms with Crippen molar-refractivity contribution in [3.05, 3.63) is 71.3 Å². The molecule has 0 heterocycles. The van der Waals surface area contributed by atoms with Gasteiger partial charge in [-0.2, -0.15) is 5.26 Å². The van der Waals surface area contributed by atoms with Gasteiger partial charge < -0.3 is 0 Å². The van der Waals surface area contributed by atoms with E-state index in [0.29, 0.717) is 11.1 Å². The van der Waals surface area contributed by atoms with Crippen LogP contribution in [-0.2, 0) is 21.3 Å². The quantitative estimate of drug-likeness (QED) is 0.859. The van der Waals surface area contributed by atoms with Crippen molar-refractivity contribution in [3.8, 4) is 6.07 Å². The van der Waals surface area contributed by atoms with Gasteiger partial charge in [0.05, 0.1) is 23.1 Å². The van der Waals surface area contributed by atoms with Crippen molar-refractivity contribution < 1.29 is 8.42 Å². The van der Waals surface area contributed by atoms with Crippen LogP contribution in [-0.4, -0.2) is 8.42 Å². The Labute approximate surface area is 113 Å². The highest BCUT2D eigenvalue weighted by atomic mass is 32.2. The fraction of sp³-hybridized carbons (Fsp3) is 0.133. The van der Waals surface area contributed by atoms with Crippen molar-refractivity contribution in [2.45, 2.75) is 11.5 Å². The van der Waals surface area contributed by atoms with Gasteiger partial charge in [0.2, 0.25) is 0 Å². The normalized spacial score (nSPS) is 10.9. The number of benzene rings is 2. The van der Waals surface area contributed by atoms with E-state index in [4.69, 9.17) is 5.26 Å². The second-order valence-corrected chi connectivity index (χ2v) is 6.39. The number of hydrogen-bond donors (Lipinski definition) is 0. The SMILES string of the molecule is N#Cc1ccc(CS(=O)(=O)Cc2ccccc2)cc1.